The van der Waals surface area contributed by atoms with Crippen molar-refractivity contribution in [2.45, 2.75) is 51.6 Å². The molecule has 1 aliphatic rings. The quantitative estimate of drug-likeness (QED) is 0.545. The zero-order valence-corrected chi connectivity index (χ0v) is 15.5. The van der Waals surface area contributed by atoms with Crippen LogP contribution in [0.15, 0.2) is 4.79 Å². The van der Waals surface area contributed by atoms with Crippen LogP contribution in [0.25, 0.3) is 11.2 Å². The molecule has 0 spiro atoms. The van der Waals surface area contributed by atoms with Crippen LogP contribution in [0.5, 0.6) is 6.01 Å². The molecule has 4 N–H and O–H groups in total. The predicted molar refractivity (Wildman–Crippen MR) is 99.8 cm³/mol. The fourth-order valence-electron chi connectivity index (χ4n) is 3.42. The summed E-state index contributed by atoms with van der Waals surface area (Å²) in [5, 5.41) is 9.26. The van der Waals surface area contributed by atoms with E-state index in [1.807, 2.05) is 4.90 Å². The minimum absolute atomic E-state index is 0.159. The molecular weight excluding hydrogens is 352 g/mol. The van der Waals surface area contributed by atoms with Crippen LogP contribution >= 0.6 is 0 Å². The number of fused-ring (bicyclic) bond motifs is 1. The second-order valence-electron chi connectivity index (χ2n) is 6.76. The van der Waals surface area contributed by atoms with Crippen LogP contribution in [0.3, 0.4) is 0 Å². The molecule has 3 heterocycles. The largest absolute Gasteiger partial charge is 0.480 e. The molecule has 1 fully saturated rings. The first-order chi connectivity index (χ1) is 13.0. The standard InChI is InChI=1S/C17H26N6O4/c1-2-3-10-27-16-20-13(18)12-14(21-16)23(17(26)19-12)9-5-8-22-7-4-6-11(22)15(24)25/h11H,2-10H2,1H3,(H,19,26)(H,24,25)(H2,18,20,21). The number of aryl methyl sites for hydroxylation is 1. The third kappa shape index (κ3) is 4.21. The summed E-state index contributed by atoms with van der Waals surface area (Å²) in [7, 11) is 0. The van der Waals surface area contributed by atoms with Gasteiger partial charge in [0.2, 0.25) is 0 Å². The Kier molecular flexibility index (Phi) is 5.94. The Morgan fingerprint density at radius 1 is 1.37 bits per heavy atom. The maximum absolute atomic E-state index is 12.3. The number of nitrogens with two attached hydrogens (primary N) is 1. The van der Waals surface area contributed by atoms with Gasteiger partial charge in [0, 0.05) is 13.1 Å². The predicted octanol–water partition coefficient (Wildman–Crippen LogP) is 0.820. The third-order valence-corrected chi connectivity index (χ3v) is 4.83. The molecule has 10 nitrogen and oxygen atoms in total. The lowest BCUT2D eigenvalue weighted by Gasteiger charge is -2.20. The van der Waals surface area contributed by atoms with Crippen LogP contribution in [-0.2, 0) is 11.3 Å². The van der Waals surface area contributed by atoms with E-state index < -0.39 is 12.0 Å². The number of likely N-dealkylation sites (tertiary alicyclic amines) is 1. The van der Waals surface area contributed by atoms with E-state index in [-0.39, 0.29) is 17.5 Å². The Morgan fingerprint density at radius 3 is 2.93 bits per heavy atom. The highest BCUT2D eigenvalue weighted by atomic mass is 16.5. The van der Waals surface area contributed by atoms with Crippen LogP contribution in [0.4, 0.5) is 5.82 Å². The number of rotatable bonds is 9. The first-order valence-electron chi connectivity index (χ1n) is 9.37. The minimum Gasteiger partial charge on any atom is -0.480 e. The Bertz CT molecular complexity index is 861. The van der Waals surface area contributed by atoms with E-state index in [0.29, 0.717) is 43.7 Å². The van der Waals surface area contributed by atoms with Crippen LogP contribution in [0.2, 0.25) is 0 Å². The van der Waals surface area contributed by atoms with E-state index in [9.17, 15) is 14.7 Å². The van der Waals surface area contributed by atoms with Gasteiger partial charge in [0.25, 0.3) is 0 Å². The SMILES string of the molecule is CCCCOc1nc(N)c2[nH]c(=O)n(CCCN3CCCC3C(=O)O)c2n1. The first kappa shape index (κ1) is 19.2. The number of aromatic amines is 1. The topological polar surface area (TPSA) is 139 Å². The summed E-state index contributed by atoms with van der Waals surface area (Å²) < 4.78 is 7.03. The number of nitrogens with zero attached hydrogens (tertiary/aromatic N) is 4. The summed E-state index contributed by atoms with van der Waals surface area (Å²) >= 11 is 0. The van der Waals surface area contributed by atoms with Crippen LogP contribution in [0.1, 0.15) is 39.0 Å². The molecule has 0 radical (unpaired) electrons. The summed E-state index contributed by atoms with van der Waals surface area (Å²) in [5.74, 6) is -0.612. The van der Waals surface area contributed by atoms with Crippen LogP contribution < -0.4 is 16.2 Å². The molecule has 3 rings (SSSR count). The number of aromatic nitrogens is 4. The number of aliphatic carboxylic acids is 1. The molecule has 10 heteroatoms. The summed E-state index contributed by atoms with van der Waals surface area (Å²) in [6.45, 7) is 4.33. The number of carboxylic acids is 1. The molecule has 2 aromatic rings. The molecule has 0 saturated carbocycles. The van der Waals surface area contributed by atoms with Crippen molar-refractivity contribution >= 4 is 23.0 Å². The zero-order valence-electron chi connectivity index (χ0n) is 15.5. The molecule has 27 heavy (non-hydrogen) atoms. The fraction of sp³-hybridized carbons (Fsp3) is 0.647. The monoisotopic (exact) mass is 378 g/mol. The lowest BCUT2D eigenvalue weighted by molar-refractivity contribution is -0.142. The number of unbranched alkanes of at least 4 members (excludes halogenated alkanes) is 1. The van der Waals surface area contributed by atoms with Crippen molar-refractivity contribution in [3.63, 3.8) is 0 Å². The van der Waals surface area contributed by atoms with Gasteiger partial charge in [-0.1, -0.05) is 13.3 Å². The molecule has 0 amide bonds. The summed E-state index contributed by atoms with van der Waals surface area (Å²) in [4.78, 5) is 36.6. The van der Waals surface area contributed by atoms with Crippen molar-refractivity contribution in [2.75, 3.05) is 25.4 Å². The number of nitrogen functional groups attached to an aromatic ring is 1. The molecule has 0 aromatic carbocycles. The van der Waals surface area contributed by atoms with E-state index in [0.717, 1.165) is 25.8 Å². The Morgan fingerprint density at radius 2 is 2.19 bits per heavy atom. The lowest BCUT2D eigenvalue weighted by Crippen LogP contribution is -2.37. The van der Waals surface area contributed by atoms with Gasteiger partial charge < -0.3 is 20.6 Å². The number of ether oxygens (including phenoxy) is 1. The van der Waals surface area contributed by atoms with Crippen molar-refractivity contribution in [3.05, 3.63) is 10.5 Å². The number of H-pyrrole nitrogens is 1. The average Bonchev–Trinajstić information content (AvgIpc) is 3.21. The molecule has 1 atom stereocenters. The maximum atomic E-state index is 12.3. The highest BCUT2D eigenvalue weighted by Gasteiger charge is 2.29. The van der Waals surface area contributed by atoms with Crippen molar-refractivity contribution in [3.8, 4) is 6.01 Å². The molecule has 1 saturated heterocycles. The second-order valence-corrected chi connectivity index (χ2v) is 6.76. The number of carboxylic acid groups (broad SMARTS) is 1. The summed E-state index contributed by atoms with van der Waals surface area (Å²) in [6.07, 6.45) is 4.05. The maximum Gasteiger partial charge on any atom is 0.327 e. The van der Waals surface area contributed by atoms with E-state index >= 15 is 0 Å². The van der Waals surface area contributed by atoms with Crippen LogP contribution in [0, 0.1) is 0 Å². The summed E-state index contributed by atoms with van der Waals surface area (Å²) in [5.41, 5.74) is 6.43. The number of carbonyl (C=O) groups is 1. The van der Waals surface area contributed by atoms with Crippen molar-refractivity contribution in [2.24, 2.45) is 0 Å². The highest BCUT2D eigenvalue weighted by Crippen LogP contribution is 2.20. The van der Waals surface area contributed by atoms with E-state index in [1.54, 1.807) is 0 Å². The fourth-order valence-corrected chi connectivity index (χ4v) is 3.42. The van der Waals surface area contributed by atoms with E-state index in [1.165, 1.54) is 4.57 Å². The molecule has 0 bridgehead atoms. The van der Waals surface area contributed by atoms with E-state index in [4.69, 9.17) is 10.5 Å². The lowest BCUT2D eigenvalue weighted by atomic mass is 10.2. The Hall–Kier alpha value is -2.62. The molecule has 0 aliphatic carbocycles. The Labute approximate surface area is 156 Å². The first-order valence-corrected chi connectivity index (χ1v) is 9.37. The minimum atomic E-state index is -0.786. The molecule has 1 unspecified atom stereocenters. The van der Waals surface area contributed by atoms with Gasteiger partial charge >= 0.3 is 17.7 Å². The third-order valence-electron chi connectivity index (χ3n) is 4.83. The number of hydrogen-bond donors (Lipinski definition) is 3. The smallest absolute Gasteiger partial charge is 0.327 e. The van der Waals surface area contributed by atoms with Gasteiger partial charge in [-0.25, -0.2) is 4.79 Å². The van der Waals surface area contributed by atoms with E-state index in [2.05, 4.69) is 21.9 Å². The molecule has 2 aromatic heterocycles. The second kappa shape index (κ2) is 8.38. The van der Waals surface area contributed by atoms with Gasteiger partial charge in [0.05, 0.1) is 6.61 Å². The Balaban J connectivity index is 1.72. The van der Waals surface area contributed by atoms with Gasteiger partial charge in [-0.2, -0.15) is 9.97 Å². The van der Waals surface area contributed by atoms with Gasteiger partial charge in [-0.15, -0.1) is 0 Å². The highest BCUT2D eigenvalue weighted by molar-refractivity contribution is 5.81. The number of imidazole rings is 1. The molecular formula is C17H26N6O4. The zero-order chi connectivity index (χ0) is 19.4. The average molecular weight is 378 g/mol. The van der Waals surface area contributed by atoms with Crippen LogP contribution in [-0.4, -0.2) is 61.2 Å². The number of nitrogens with one attached hydrogen (secondary N) is 1. The van der Waals surface area contributed by atoms with Crippen molar-refractivity contribution in [1.82, 2.24) is 24.4 Å². The van der Waals surface area contributed by atoms with Gasteiger partial charge in [0.15, 0.2) is 11.5 Å². The summed E-state index contributed by atoms with van der Waals surface area (Å²) in [6, 6.07) is -0.270. The molecule has 148 valence electrons. The van der Waals surface area contributed by atoms with Gasteiger partial charge in [-0.05, 0) is 32.2 Å². The van der Waals surface area contributed by atoms with Crippen molar-refractivity contribution < 1.29 is 14.6 Å². The van der Waals surface area contributed by atoms with Crippen molar-refractivity contribution in [1.29, 1.82) is 0 Å². The normalized spacial score (nSPS) is 17.6. The van der Waals surface area contributed by atoms with Gasteiger partial charge in [-0.3, -0.25) is 14.3 Å². The number of anilines is 1. The molecule has 1 aliphatic heterocycles. The number of hydrogen-bond acceptors (Lipinski definition) is 7. The van der Waals surface area contributed by atoms with Gasteiger partial charge in [0.1, 0.15) is 11.6 Å².